The Hall–Kier alpha value is -18.8. The van der Waals surface area contributed by atoms with Crippen molar-refractivity contribution in [2.75, 3.05) is 32.6 Å². The lowest BCUT2D eigenvalue weighted by atomic mass is 10.00. The molecule has 3 N–H and O–H groups in total. The number of esters is 7. The van der Waals surface area contributed by atoms with Gasteiger partial charge in [-0.25, -0.2) is 33.6 Å². The van der Waals surface area contributed by atoms with Crippen LogP contribution in [0.1, 0.15) is 53.8 Å². The molecule has 1 aliphatic carbocycles. The fourth-order valence-corrected chi connectivity index (χ4v) is 16.6. The van der Waals surface area contributed by atoms with Crippen LogP contribution in [0.2, 0.25) is 13.1 Å². The number of carbonyl (C=O) groups is 10. The first-order valence-corrected chi connectivity index (χ1v) is 49.9. The molecule has 17 aromatic carbocycles. The van der Waals surface area contributed by atoms with Gasteiger partial charge in [-0.2, -0.15) is 0 Å². The number of amides is 2. The highest BCUT2D eigenvalue weighted by Gasteiger charge is 2.28. The number of fused-ring (bicyclic) bond motifs is 8. The summed E-state index contributed by atoms with van der Waals surface area (Å²) in [6.07, 6.45) is 12.4. The van der Waals surface area contributed by atoms with Crippen molar-refractivity contribution in [2.45, 2.75) is 58.3 Å². The van der Waals surface area contributed by atoms with Crippen LogP contribution >= 0.6 is 0 Å². The van der Waals surface area contributed by atoms with Gasteiger partial charge in [-0.1, -0.05) is 265 Å². The zero-order valence-electron chi connectivity index (χ0n) is 83.7. The van der Waals surface area contributed by atoms with Crippen LogP contribution in [0.3, 0.4) is 0 Å². The minimum atomic E-state index is -2.12. The average molecular weight is 2010 g/mol. The third kappa shape index (κ3) is 32.1. The van der Waals surface area contributed by atoms with Crippen molar-refractivity contribution >= 4 is 171 Å². The lowest BCUT2D eigenvalue weighted by Crippen LogP contribution is -2.36. The minimum Gasteiger partial charge on any atom is -0.520 e. The summed E-state index contributed by atoms with van der Waals surface area (Å²) in [7, 11) is 3.50. The Labute approximate surface area is 865 Å². The summed E-state index contributed by atoms with van der Waals surface area (Å²) in [4.78, 5) is 114. The van der Waals surface area contributed by atoms with Gasteiger partial charge in [0.25, 0.3) is 0 Å². The van der Waals surface area contributed by atoms with Crippen molar-refractivity contribution in [1.29, 1.82) is 0 Å². The van der Waals surface area contributed by atoms with E-state index in [1.54, 1.807) is 105 Å². The minimum absolute atomic E-state index is 0.0217. The van der Waals surface area contributed by atoms with Crippen molar-refractivity contribution in [3.05, 3.63) is 457 Å². The number of nitrogens with one attached hydrogen (secondary N) is 2. The fourth-order valence-electron chi connectivity index (χ4n) is 15.8. The Morgan fingerprint density at radius 3 is 1.27 bits per heavy atom. The van der Waals surface area contributed by atoms with Gasteiger partial charge in [-0.05, 0) is 263 Å². The molecule has 18 rings (SSSR count). The van der Waals surface area contributed by atoms with E-state index in [-0.39, 0.29) is 41.5 Å². The molecule has 0 aromatic heterocycles. The average Bonchev–Trinajstić information content (AvgIpc) is 1.62. The SMILES string of the molecule is C=CC(=O)NC(C)c1cccc2ccccc12.C=CC(=O)NCCc1cccc2ccccc12.C=CC(=O)OC1Cc2cccc3cccc1c23.C=CC(=O)Oc1ccc(N(C)C)c2ccccc12.C=CC(=O)Oc1ccc2cc(CC(C)=O)ccc2c1.C=CC(=O)Oc1ccc2cc(O)ccc2c1.C=CC(=O)Oc1ccc2cc(O[Si](C)(C)OC)ccc2c1.C=CC(=O)Oc1ccc2cc3cc(OC(=O)C=C)ccc3cc2c1. The molecule has 2 unspecified atom stereocenters. The predicted octanol–water partition coefficient (Wildman–Crippen LogP) is 25.6. The second-order valence-electron chi connectivity index (χ2n) is 34.0. The van der Waals surface area contributed by atoms with E-state index < -0.39 is 44.4 Å². The highest BCUT2D eigenvalue weighted by Crippen LogP contribution is 2.40. The molecule has 0 saturated carbocycles. The number of phenols is 1. The van der Waals surface area contributed by atoms with E-state index in [2.05, 4.69) is 131 Å². The van der Waals surface area contributed by atoms with Crippen LogP contribution in [0.15, 0.2) is 429 Å². The monoisotopic (exact) mass is 2000 g/mol. The molecule has 0 aliphatic heterocycles. The molecule has 24 heteroatoms. The second-order valence-corrected chi connectivity index (χ2v) is 37.4. The zero-order valence-corrected chi connectivity index (χ0v) is 84.7. The number of carbonyl (C=O) groups excluding carboxylic acids is 10. The van der Waals surface area contributed by atoms with Crippen LogP contribution in [0, 0.1) is 0 Å². The van der Waals surface area contributed by atoms with Crippen LogP contribution in [0.5, 0.6) is 46.0 Å². The Kier molecular flexibility index (Phi) is 40.1. The van der Waals surface area contributed by atoms with Crippen LogP contribution in [0.25, 0.3) is 97.0 Å². The number of phenolic OH excluding ortho intramolecular Hbond substituents is 1. The molecule has 149 heavy (non-hydrogen) atoms. The lowest BCUT2D eigenvalue weighted by Gasteiger charge is -2.21. The van der Waals surface area contributed by atoms with Gasteiger partial charge >= 0.3 is 50.3 Å². The van der Waals surface area contributed by atoms with E-state index >= 15 is 0 Å². The number of rotatable bonds is 27. The molecule has 2 amide bonds. The fraction of sp³-hybridized carbons (Fsp3) is 0.104. The Morgan fingerprint density at radius 1 is 0.383 bits per heavy atom. The smallest absolute Gasteiger partial charge is 0.392 e. The van der Waals surface area contributed by atoms with Crippen LogP contribution in [0.4, 0.5) is 5.69 Å². The molecule has 17 aromatic rings. The molecule has 0 heterocycles. The van der Waals surface area contributed by atoms with Gasteiger partial charge in [-0.15, -0.1) is 0 Å². The molecule has 0 saturated heterocycles. The number of hydrogen-bond donors (Lipinski definition) is 3. The third-order valence-corrected chi connectivity index (χ3v) is 24.7. The van der Waals surface area contributed by atoms with Gasteiger partial charge in [-0.3, -0.25) is 14.4 Å². The summed E-state index contributed by atoms with van der Waals surface area (Å²) in [6.45, 7) is 38.7. The highest BCUT2D eigenvalue weighted by molar-refractivity contribution is 6.65. The zero-order chi connectivity index (χ0) is 107. The predicted molar refractivity (Wildman–Crippen MR) is 596 cm³/mol. The molecule has 0 bridgehead atoms. The molecule has 0 fully saturated rings. The van der Waals surface area contributed by atoms with Gasteiger partial charge in [0.1, 0.15) is 57.9 Å². The molecule has 752 valence electrons. The van der Waals surface area contributed by atoms with Crippen molar-refractivity contribution in [2.24, 2.45) is 0 Å². The Bertz CT molecular complexity index is 7870. The van der Waals surface area contributed by atoms with Gasteiger partial charge in [0.15, 0.2) is 0 Å². The van der Waals surface area contributed by atoms with Gasteiger partial charge in [0.05, 0.1) is 6.04 Å². The molecule has 1 aliphatic rings. The number of benzene rings is 17. The van der Waals surface area contributed by atoms with E-state index in [1.807, 2.05) is 203 Å². The first-order chi connectivity index (χ1) is 71.7. The standard InChI is InChI=1S/C20H14O4.C16H18O4Si.C16H14O3.C15H15NO2.2C15H15NO.C15H12O2.C13H10O3/c1-3-19(21)23-17-7-5-13-10-16-12-18(24-20(22)4-2)8-6-14(16)9-15(13)11-17;1-5-16(17)19-14-8-6-13-11-15(9-7-12(13)10-14)20-21(3,4)18-2;1-3-16(18)19-15-7-6-13-9-12(8-11(2)17)4-5-14(13)10-15;1-4-15(17)18-14-10-9-13(16(2)3)11-7-5-6-8-12(11)14;1-3-15(17)16-11(2)13-10-6-8-12-7-4-5-9-14(12)13;1-2-15(17)16-11-10-13-8-5-7-12-6-3-4-9-14(12)13;1-2-14(16)17-13-9-11-7-3-5-10-6-4-8-12(13)15(10)11;1-2-13(15)16-12-6-4-9-7-11(14)5-3-10(9)8-12/h3-12H,1-2H2;5-11H,1H2,2-4H3;3-7,9-10H,1,8H2,2H3;4-10H,1H2,2-3H3;3-11H,1H2,2H3,(H,16,17);2-9H,1,10-11H2,(H,16,17);2-8,13H,1,9H2;2-8,14H,1H2. The molecule has 0 radical (unpaired) electrons. The van der Waals surface area contributed by atoms with E-state index in [0.717, 1.165) is 142 Å². The molecular formula is C125H113N3O20Si. The van der Waals surface area contributed by atoms with E-state index in [4.69, 9.17) is 42.0 Å². The maximum atomic E-state index is 11.3. The van der Waals surface area contributed by atoms with E-state index in [9.17, 15) is 53.1 Å². The van der Waals surface area contributed by atoms with Crippen LogP contribution in [-0.2, 0) is 76.4 Å². The molecule has 0 spiro atoms. The van der Waals surface area contributed by atoms with Crippen molar-refractivity contribution in [3.8, 4) is 46.0 Å². The van der Waals surface area contributed by atoms with Crippen molar-refractivity contribution in [1.82, 2.24) is 10.6 Å². The normalized spacial score (nSPS) is 11.3. The summed E-state index contributed by atoms with van der Waals surface area (Å²) in [6, 6.07) is 99.9. The summed E-state index contributed by atoms with van der Waals surface area (Å²) in [5.74, 6) is 0.532. The number of Topliss-reactive ketones (excluding diaryl/α,β-unsaturated/α-hetero) is 1. The largest absolute Gasteiger partial charge is 0.520 e. The molecule has 23 nitrogen and oxygen atoms in total. The van der Waals surface area contributed by atoms with Gasteiger partial charge in [0, 0.05) is 105 Å². The number of ketones is 1. The number of anilines is 1. The first-order valence-electron chi connectivity index (χ1n) is 47.1. The van der Waals surface area contributed by atoms with Crippen molar-refractivity contribution < 1.29 is 95.1 Å². The molecule has 2 atom stereocenters. The number of hydrogen-bond acceptors (Lipinski definition) is 21. The van der Waals surface area contributed by atoms with Crippen LogP contribution in [-0.4, -0.2) is 101 Å². The second kappa shape index (κ2) is 54.1. The number of aromatic hydroxyl groups is 1. The number of ether oxygens (including phenoxy) is 7. The quantitative estimate of drug-likeness (QED) is 0.0142. The first kappa shape index (κ1) is 111. The van der Waals surface area contributed by atoms with Crippen LogP contribution < -0.4 is 48.4 Å². The highest BCUT2D eigenvalue weighted by atomic mass is 28.4. The third-order valence-electron chi connectivity index (χ3n) is 22.9. The Morgan fingerprint density at radius 2 is 0.779 bits per heavy atom. The summed E-state index contributed by atoms with van der Waals surface area (Å²) in [5.41, 5.74) is 6.80. The summed E-state index contributed by atoms with van der Waals surface area (Å²) in [5, 5.41) is 33.8. The topological polar surface area (TPSA) is 301 Å². The summed E-state index contributed by atoms with van der Waals surface area (Å²) < 4.78 is 47.3. The van der Waals surface area contributed by atoms with Crippen molar-refractivity contribution in [3.63, 3.8) is 0 Å². The van der Waals surface area contributed by atoms with Gasteiger partial charge < -0.3 is 62.7 Å². The maximum absolute atomic E-state index is 11.3. The van der Waals surface area contributed by atoms with E-state index in [1.165, 1.54) is 61.7 Å². The number of nitrogens with zero attached hydrogens (tertiary/aromatic N) is 1. The lowest BCUT2D eigenvalue weighted by molar-refractivity contribution is -0.143. The summed E-state index contributed by atoms with van der Waals surface area (Å²) >= 11 is 0. The molecular weight excluding hydrogens is 1890 g/mol. The van der Waals surface area contributed by atoms with E-state index in [0.29, 0.717) is 47.5 Å². The maximum Gasteiger partial charge on any atom is 0.392 e. The van der Waals surface area contributed by atoms with Gasteiger partial charge in [0.2, 0.25) is 11.8 Å². The Balaban J connectivity index is 0.000000162.